The Morgan fingerprint density at radius 2 is 1.75 bits per heavy atom. The Morgan fingerprint density at radius 3 is 2.25 bits per heavy atom. The van der Waals surface area contributed by atoms with Crippen molar-refractivity contribution >= 4 is 5.97 Å². The Kier molecular flexibility index (Phi) is 6.73. The van der Waals surface area contributed by atoms with Gasteiger partial charge in [0.1, 0.15) is 0 Å². The molecule has 112 valence electrons. The molecule has 0 amide bonds. The van der Waals surface area contributed by atoms with Crippen molar-refractivity contribution in [3.63, 3.8) is 0 Å². The first-order valence-corrected chi connectivity index (χ1v) is 7.30. The molecule has 1 aromatic rings. The van der Waals surface area contributed by atoms with Gasteiger partial charge in [-0.15, -0.1) is 0 Å². The number of aliphatic carboxylic acids is 1. The Bertz CT molecular complexity index is 400. The van der Waals surface area contributed by atoms with E-state index < -0.39 is 11.9 Å². The van der Waals surface area contributed by atoms with Crippen LogP contribution in [-0.2, 0) is 16.1 Å². The van der Waals surface area contributed by atoms with E-state index in [1.807, 2.05) is 30.3 Å². The summed E-state index contributed by atoms with van der Waals surface area (Å²) in [7, 11) is 0. The fourth-order valence-corrected chi connectivity index (χ4v) is 2.59. The van der Waals surface area contributed by atoms with Crippen LogP contribution in [-0.4, -0.2) is 17.2 Å². The van der Waals surface area contributed by atoms with E-state index in [1.54, 1.807) is 6.92 Å². The van der Waals surface area contributed by atoms with E-state index in [-0.39, 0.29) is 12.0 Å². The summed E-state index contributed by atoms with van der Waals surface area (Å²) in [4.78, 5) is 11.3. The van der Waals surface area contributed by atoms with Crippen LogP contribution >= 0.6 is 0 Å². The summed E-state index contributed by atoms with van der Waals surface area (Å²) in [6, 6.07) is 9.88. The smallest absolute Gasteiger partial charge is 0.308 e. The molecule has 0 radical (unpaired) electrons. The molecule has 0 aromatic heterocycles. The molecule has 1 aromatic carbocycles. The maximum atomic E-state index is 11.3. The lowest BCUT2D eigenvalue weighted by molar-refractivity contribution is -0.149. The lowest BCUT2D eigenvalue weighted by Crippen LogP contribution is -2.34. The van der Waals surface area contributed by atoms with Gasteiger partial charge in [0, 0.05) is 0 Å². The number of hydrogen-bond acceptors (Lipinski definition) is 2. The van der Waals surface area contributed by atoms with Crippen molar-refractivity contribution in [3.8, 4) is 0 Å². The predicted octanol–water partition coefficient (Wildman–Crippen LogP) is 3.97. The standard InChI is InChI=1S/C17H26O3/c1-12(2)10-13(3)16(14(4)17(18)19)20-11-15-8-6-5-7-9-15/h5-9,12-14,16H,10-11H2,1-4H3,(H,18,19)/t13-,14-,16+/m0/s1. The Morgan fingerprint density at radius 1 is 1.15 bits per heavy atom. The van der Waals surface area contributed by atoms with Gasteiger partial charge in [-0.25, -0.2) is 0 Å². The highest BCUT2D eigenvalue weighted by Gasteiger charge is 2.29. The van der Waals surface area contributed by atoms with Crippen molar-refractivity contribution in [3.05, 3.63) is 35.9 Å². The van der Waals surface area contributed by atoms with Crippen molar-refractivity contribution in [1.82, 2.24) is 0 Å². The summed E-state index contributed by atoms with van der Waals surface area (Å²) in [5.74, 6) is -0.523. The van der Waals surface area contributed by atoms with Gasteiger partial charge in [0.05, 0.1) is 18.6 Å². The van der Waals surface area contributed by atoms with Crippen LogP contribution in [0.4, 0.5) is 0 Å². The van der Waals surface area contributed by atoms with Gasteiger partial charge in [0.15, 0.2) is 0 Å². The van der Waals surface area contributed by atoms with Crippen molar-refractivity contribution in [2.45, 2.75) is 46.8 Å². The number of carboxylic acid groups (broad SMARTS) is 1. The Hall–Kier alpha value is -1.35. The summed E-state index contributed by atoms with van der Waals surface area (Å²) >= 11 is 0. The van der Waals surface area contributed by atoms with Crippen LogP contribution in [0.5, 0.6) is 0 Å². The molecule has 1 N–H and O–H groups in total. The number of ether oxygens (including phenoxy) is 1. The van der Waals surface area contributed by atoms with Gasteiger partial charge in [0.2, 0.25) is 0 Å². The molecule has 0 spiro atoms. The van der Waals surface area contributed by atoms with E-state index >= 15 is 0 Å². The number of carboxylic acids is 1. The third-order valence-electron chi connectivity index (χ3n) is 3.57. The molecule has 0 heterocycles. The van der Waals surface area contributed by atoms with Gasteiger partial charge in [-0.05, 0) is 30.7 Å². The molecule has 0 bridgehead atoms. The van der Waals surface area contributed by atoms with E-state index in [2.05, 4.69) is 20.8 Å². The fourth-order valence-electron chi connectivity index (χ4n) is 2.59. The molecular formula is C17H26O3. The molecule has 0 aliphatic heterocycles. The van der Waals surface area contributed by atoms with Gasteiger partial charge < -0.3 is 9.84 Å². The highest BCUT2D eigenvalue weighted by Crippen LogP contribution is 2.24. The molecule has 0 fully saturated rings. The molecular weight excluding hydrogens is 252 g/mol. The second-order valence-electron chi connectivity index (χ2n) is 5.99. The first-order chi connectivity index (χ1) is 9.41. The minimum absolute atomic E-state index is 0.227. The van der Waals surface area contributed by atoms with Gasteiger partial charge in [-0.1, -0.05) is 51.1 Å². The highest BCUT2D eigenvalue weighted by atomic mass is 16.5. The third-order valence-corrected chi connectivity index (χ3v) is 3.57. The molecule has 1 rings (SSSR count). The quantitative estimate of drug-likeness (QED) is 0.782. The lowest BCUT2D eigenvalue weighted by atomic mass is 9.87. The van der Waals surface area contributed by atoms with E-state index in [1.165, 1.54) is 0 Å². The fraction of sp³-hybridized carbons (Fsp3) is 0.588. The highest BCUT2D eigenvalue weighted by molar-refractivity contribution is 5.70. The Balaban J connectivity index is 2.69. The first kappa shape index (κ1) is 16.7. The molecule has 0 aliphatic rings. The predicted molar refractivity (Wildman–Crippen MR) is 80.4 cm³/mol. The van der Waals surface area contributed by atoms with Crippen LogP contribution in [0.15, 0.2) is 30.3 Å². The molecule has 20 heavy (non-hydrogen) atoms. The summed E-state index contributed by atoms with van der Waals surface area (Å²) in [5.41, 5.74) is 1.08. The van der Waals surface area contributed by atoms with Gasteiger partial charge in [-0.3, -0.25) is 4.79 Å². The molecule has 0 unspecified atom stereocenters. The second kappa shape index (κ2) is 8.05. The molecule has 0 saturated heterocycles. The van der Waals surface area contributed by atoms with Crippen LogP contribution < -0.4 is 0 Å². The third kappa shape index (κ3) is 5.33. The number of carbonyl (C=O) groups is 1. The molecule has 3 atom stereocenters. The minimum atomic E-state index is -0.793. The summed E-state index contributed by atoms with van der Waals surface area (Å²) < 4.78 is 5.93. The van der Waals surface area contributed by atoms with Crippen LogP contribution in [0.2, 0.25) is 0 Å². The normalized spacial score (nSPS) is 15.8. The van der Waals surface area contributed by atoms with Gasteiger partial charge >= 0.3 is 5.97 Å². The van der Waals surface area contributed by atoms with Gasteiger partial charge in [-0.2, -0.15) is 0 Å². The van der Waals surface area contributed by atoms with E-state index in [9.17, 15) is 9.90 Å². The summed E-state index contributed by atoms with van der Waals surface area (Å²) in [6.45, 7) is 8.57. The van der Waals surface area contributed by atoms with Crippen molar-refractivity contribution in [2.75, 3.05) is 0 Å². The number of benzene rings is 1. The zero-order valence-electron chi connectivity index (χ0n) is 12.9. The maximum absolute atomic E-state index is 11.3. The zero-order chi connectivity index (χ0) is 15.1. The van der Waals surface area contributed by atoms with Crippen molar-refractivity contribution < 1.29 is 14.6 Å². The Labute approximate surface area is 122 Å². The van der Waals surface area contributed by atoms with Crippen LogP contribution in [0, 0.1) is 17.8 Å². The molecule has 0 aliphatic carbocycles. The monoisotopic (exact) mass is 278 g/mol. The largest absolute Gasteiger partial charge is 0.481 e. The van der Waals surface area contributed by atoms with E-state index in [0.717, 1.165) is 12.0 Å². The summed E-state index contributed by atoms with van der Waals surface area (Å²) in [5, 5.41) is 9.25. The van der Waals surface area contributed by atoms with Crippen LogP contribution in [0.3, 0.4) is 0 Å². The topological polar surface area (TPSA) is 46.5 Å². The summed E-state index contributed by atoms with van der Waals surface area (Å²) in [6.07, 6.45) is 0.715. The first-order valence-electron chi connectivity index (χ1n) is 7.30. The van der Waals surface area contributed by atoms with E-state index in [4.69, 9.17) is 4.74 Å². The van der Waals surface area contributed by atoms with Gasteiger partial charge in [0.25, 0.3) is 0 Å². The minimum Gasteiger partial charge on any atom is -0.481 e. The van der Waals surface area contributed by atoms with Crippen LogP contribution in [0.25, 0.3) is 0 Å². The molecule has 3 nitrogen and oxygen atoms in total. The maximum Gasteiger partial charge on any atom is 0.308 e. The van der Waals surface area contributed by atoms with E-state index in [0.29, 0.717) is 12.5 Å². The SMILES string of the molecule is CC(C)C[C@H](C)[C@@H](OCc1ccccc1)[C@H](C)C(=O)O. The second-order valence-corrected chi connectivity index (χ2v) is 5.99. The van der Waals surface area contributed by atoms with Crippen LogP contribution in [0.1, 0.15) is 39.7 Å². The average molecular weight is 278 g/mol. The molecule has 3 heteroatoms. The zero-order valence-corrected chi connectivity index (χ0v) is 12.9. The molecule has 0 saturated carbocycles. The lowest BCUT2D eigenvalue weighted by Gasteiger charge is -2.28. The number of rotatable bonds is 8. The average Bonchev–Trinajstić information content (AvgIpc) is 2.39. The van der Waals surface area contributed by atoms with Crippen molar-refractivity contribution in [1.29, 1.82) is 0 Å². The van der Waals surface area contributed by atoms with Crippen molar-refractivity contribution in [2.24, 2.45) is 17.8 Å². The number of hydrogen-bond donors (Lipinski definition) is 1.